The van der Waals surface area contributed by atoms with Gasteiger partial charge in [0.15, 0.2) is 0 Å². The summed E-state index contributed by atoms with van der Waals surface area (Å²) in [6, 6.07) is 11.7. The lowest BCUT2D eigenvalue weighted by Gasteiger charge is -2.24. The van der Waals surface area contributed by atoms with Crippen molar-refractivity contribution in [1.82, 2.24) is 0 Å². The molecule has 0 aliphatic heterocycles. The molecule has 5 nitrogen and oxygen atoms in total. The Labute approximate surface area is 173 Å². The molecule has 2 rings (SSSR count). The third-order valence-corrected chi connectivity index (χ3v) is 4.97. The van der Waals surface area contributed by atoms with Gasteiger partial charge in [-0.1, -0.05) is 32.0 Å². The Bertz CT molecular complexity index is 888. The van der Waals surface area contributed by atoms with Crippen LogP contribution in [0.15, 0.2) is 36.4 Å². The summed E-state index contributed by atoms with van der Waals surface area (Å²) in [6.45, 7) is 11.9. The van der Waals surface area contributed by atoms with Gasteiger partial charge in [0.05, 0.1) is 6.61 Å². The fourth-order valence-electron chi connectivity index (χ4n) is 3.00. The van der Waals surface area contributed by atoms with Crippen molar-refractivity contribution < 1.29 is 14.3 Å². The second-order valence-corrected chi connectivity index (χ2v) is 8.27. The predicted molar refractivity (Wildman–Crippen MR) is 119 cm³/mol. The maximum absolute atomic E-state index is 12.8. The normalized spacial score (nSPS) is 11.1. The molecule has 2 N–H and O–H groups in total. The van der Waals surface area contributed by atoms with Gasteiger partial charge in [0.1, 0.15) is 5.75 Å². The molecular weight excluding hydrogens is 364 g/mol. The van der Waals surface area contributed by atoms with E-state index in [1.54, 1.807) is 6.07 Å². The van der Waals surface area contributed by atoms with Crippen LogP contribution < -0.4 is 15.4 Å². The lowest BCUT2D eigenvalue weighted by atomic mass is 9.87. The van der Waals surface area contributed by atoms with Gasteiger partial charge in [-0.3, -0.25) is 9.59 Å². The van der Waals surface area contributed by atoms with Gasteiger partial charge in [-0.2, -0.15) is 0 Å². The van der Waals surface area contributed by atoms with Crippen LogP contribution in [0.1, 0.15) is 50.3 Å². The fourth-order valence-corrected chi connectivity index (χ4v) is 3.00. The zero-order valence-electron chi connectivity index (χ0n) is 18.3. The molecule has 0 spiro atoms. The smallest absolute Gasteiger partial charge is 0.230 e. The molecular formula is C24H32N2O3. The number of rotatable bonds is 8. The molecule has 0 unspecified atom stereocenters. The summed E-state index contributed by atoms with van der Waals surface area (Å²) in [5, 5.41) is 5.75. The van der Waals surface area contributed by atoms with E-state index < -0.39 is 5.41 Å². The van der Waals surface area contributed by atoms with E-state index in [9.17, 15) is 9.59 Å². The summed E-state index contributed by atoms with van der Waals surface area (Å²) in [4.78, 5) is 24.1. The monoisotopic (exact) mass is 396 g/mol. The number of carbonyl (C=O) groups excluding carboxylic acids is 2. The minimum Gasteiger partial charge on any atom is -0.493 e. The second kappa shape index (κ2) is 9.59. The third kappa shape index (κ3) is 6.63. The summed E-state index contributed by atoms with van der Waals surface area (Å²) in [5.74, 6) is 0.708. The van der Waals surface area contributed by atoms with Crippen LogP contribution in [0.5, 0.6) is 5.75 Å². The van der Waals surface area contributed by atoms with Crippen molar-refractivity contribution in [3.63, 3.8) is 0 Å². The zero-order chi connectivity index (χ0) is 21.6. The van der Waals surface area contributed by atoms with Crippen LogP contribution in [0, 0.1) is 26.2 Å². The van der Waals surface area contributed by atoms with Gasteiger partial charge in [0.2, 0.25) is 11.8 Å². The Morgan fingerprint density at radius 2 is 1.66 bits per heavy atom. The number of hydrogen-bond acceptors (Lipinski definition) is 3. The molecule has 29 heavy (non-hydrogen) atoms. The highest BCUT2D eigenvalue weighted by Gasteiger charge is 2.27. The topological polar surface area (TPSA) is 67.4 Å². The molecule has 0 saturated carbocycles. The van der Waals surface area contributed by atoms with Crippen LogP contribution in [0.3, 0.4) is 0 Å². The first-order valence-electron chi connectivity index (χ1n) is 9.98. The summed E-state index contributed by atoms with van der Waals surface area (Å²) in [5.41, 5.74) is 4.06. The summed E-state index contributed by atoms with van der Waals surface area (Å²) >= 11 is 0. The van der Waals surface area contributed by atoms with E-state index in [2.05, 4.69) is 22.8 Å². The molecule has 0 aliphatic carbocycles. The molecule has 0 saturated heterocycles. The van der Waals surface area contributed by atoms with Crippen molar-refractivity contribution in [2.45, 2.75) is 54.4 Å². The third-order valence-electron chi connectivity index (χ3n) is 4.97. The Morgan fingerprint density at radius 1 is 0.966 bits per heavy atom. The number of benzene rings is 2. The van der Waals surface area contributed by atoms with Crippen LogP contribution in [-0.2, 0) is 9.59 Å². The van der Waals surface area contributed by atoms with Crippen LogP contribution in [0.25, 0.3) is 0 Å². The molecule has 156 valence electrons. The molecule has 0 radical (unpaired) electrons. The van der Waals surface area contributed by atoms with Gasteiger partial charge in [0, 0.05) is 23.7 Å². The molecule has 0 bridgehead atoms. The van der Waals surface area contributed by atoms with Gasteiger partial charge < -0.3 is 15.4 Å². The summed E-state index contributed by atoms with van der Waals surface area (Å²) in [7, 11) is 0. The molecule has 2 amide bonds. The van der Waals surface area contributed by atoms with Crippen molar-refractivity contribution in [2.75, 3.05) is 17.2 Å². The Kier molecular flexibility index (Phi) is 7.43. The second-order valence-electron chi connectivity index (χ2n) is 8.27. The van der Waals surface area contributed by atoms with Gasteiger partial charge >= 0.3 is 0 Å². The van der Waals surface area contributed by atoms with E-state index in [0.717, 1.165) is 23.3 Å². The van der Waals surface area contributed by atoms with Gasteiger partial charge in [-0.15, -0.1) is 0 Å². The van der Waals surface area contributed by atoms with Crippen molar-refractivity contribution in [1.29, 1.82) is 0 Å². The highest BCUT2D eigenvalue weighted by atomic mass is 16.5. The van der Waals surface area contributed by atoms with Crippen molar-refractivity contribution in [2.24, 2.45) is 5.41 Å². The number of anilines is 2. The fraction of sp³-hybridized carbons (Fsp3) is 0.417. The maximum atomic E-state index is 12.8. The van der Waals surface area contributed by atoms with Crippen molar-refractivity contribution >= 4 is 23.2 Å². The number of carbonyl (C=O) groups is 2. The van der Waals surface area contributed by atoms with E-state index in [1.807, 2.05) is 52.8 Å². The van der Waals surface area contributed by atoms with E-state index in [-0.39, 0.29) is 11.8 Å². The number of nitrogens with one attached hydrogen (secondary N) is 2. The minimum atomic E-state index is -0.538. The van der Waals surface area contributed by atoms with Crippen LogP contribution in [-0.4, -0.2) is 18.4 Å². The van der Waals surface area contributed by atoms with Crippen LogP contribution in [0.4, 0.5) is 11.4 Å². The molecule has 2 aromatic rings. The average molecular weight is 397 g/mol. The largest absolute Gasteiger partial charge is 0.493 e. The van der Waals surface area contributed by atoms with E-state index in [4.69, 9.17) is 4.74 Å². The molecule has 0 aromatic heterocycles. The number of aryl methyl sites for hydroxylation is 3. The predicted octanol–water partition coefficient (Wildman–Crippen LogP) is 5.39. The SMILES string of the molecule is CC(=O)Nc1cc(NC(=O)C(C)(C)CCCOc2cc(C)ccc2C)ccc1C. The Hall–Kier alpha value is -2.82. The molecule has 0 atom stereocenters. The number of ether oxygens (including phenoxy) is 1. The van der Waals surface area contributed by atoms with Crippen LogP contribution in [0.2, 0.25) is 0 Å². The highest BCUT2D eigenvalue weighted by molar-refractivity contribution is 5.96. The van der Waals surface area contributed by atoms with Crippen LogP contribution >= 0.6 is 0 Å². The first-order chi connectivity index (χ1) is 13.6. The lowest BCUT2D eigenvalue weighted by Crippen LogP contribution is -2.31. The van der Waals surface area contributed by atoms with Gasteiger partial charge in [0.25, 0.3) is 0 Å². The maximum Gasteiger partial charge on any atom is 0.230 e. The molecule has 0 fully saturated rings. The van der Waals surface area contributed by atoms with E-state index in [1.165, 1.54) is 12.5 Å². The summed E-state index contributed by atoms with van der Waals surface area (Å²) < 4.78 is 5.90. The highest BCUT2D eigenvalue weighted by Crippen LogP contribution is 2.27. The number of amides is 2. The van der Waals surface area contributed by atoms with E-state index >= 15 is 0 Å². The minimum absolute atomic E-state index is 0.0538. The van der Waals surface area contributed by atoms with Crippen molar-refractivity contribution in [3.8, 4) is 5.75 Å². The quantitative estimate of drug-likeness (QED) is 0.588. The van der Waals surface area contributed by atoms with E-state index in [0.29, 0.717) is 24.4 Å². The number of hydrogen-bond donors (Lipinski definition) is 2. The zero-order valence-corrected chi connectivity index (χ0v) is 18.3. The first-order valence-corrected chi connectivity index (χ1v) is 9.98. The lowest BCUT2D eigenvalue weighted by molar-refractivity contribution is -0.124. The van der Waals surface area contributed by atoms with Crippen molar-refractivity contribution in [3.05, 3.63) is 53.1 Å². The van der Waals surface area contributed by atoms with Gasteiger partial charge in [-0.25, -0.2) is 0 Å². The Balaban J connectivity index is 1.91. The molecule has 0 heterocycles. The standard InChI is InChI=1S/C24H32N2O3/c1-16-8-9-18(3)22(14-16)29-13-7-12-24(5,6)23(28)26-20-11-10-17(2)21(15-20)25-19(4)27/h8-11,14-15H,7,12-13H2,1-6H3,(H,25,27)(H,26,28). The molecule has 5 heteroatoms. The first kappa shape index (κ1) is 22.5. The average Bonchev–Trinajstić information content (AvgIpc) is 2.63. The summed E-state index contributed by atoms with van der Waals surface area (Å²) in [6.07, 6.45) is 1.48. The Morgan fingerprint density at radius 3 is 2.34 bits per heavy atom. The molecule has 0 aliphatic rings. The van der Waals surface area contributed by atoms with Gasteiger partial charge in [-0.05, 0) is 68.5 Å². The molecule has 2 aromatic carbocycles.